The van der Waals surface area contributed by atoms with Gasteiger partial charge in [0, 0.05) is 29.4 Å². The second-order valence-corrected chi connectivity index (χ2v) is 4.53. The zero-order valence-electron chi connectivity index (χ0n) is 8.29. The molecule has 0 aromatic heterocycles. The fourth-order valence-electron chi connectivity index (χ4n) is 1.11. The SMILES string of the molecule is CS(=O)CCNc1cccc(F)c1C#N. The molecule has 1 unspecified atom stereocenters. The normalized spacial score (nSPS) is 11.8. The highest BCUT2D eigenvalue weighted by Crippen LogP contribution is 2.17. The third-order valence-electron chi connectivity index (χ3n) is 1.83. The number of nitrogens with one attached hydrogen (secondary N) is 1. The summed E-state index contributed by atoms with van der Waals surface area (Å²) >= 11 is 0. The van der Waals surface area contributed by atoms with Crippen LogP contribution in [0.4, 0.5) is 10.1 Å². The predicted molar refractivity (Wildman–Crippen MR) is 58.5 cm³/mol. The Morgan fingerprint density at radius 1 is 1.60 bits per heavy atom. The Morgan fingerprint density at radius 3 is 2.93 bits per heavy atom. The van der Waals surface area contributed by atoms with Crippen LogP contribution in [-0.2, 0) is 10.8 Å². The second-order valence-electron chi connectivity index (χ2n) is 2.98. The Kier molecular flexibility index (Phi) is 4.25. The van der Waals surface area contributed by atoms with E-state index >= 15 is 0 Å². The zero-order chi connectivity index (χ0) is 11.3. The molecule has 0 radical (unpaired) electrons. The molecule has 0 saturated heterocycles. The van der Waals surface area contributed by atoms with Crippen molar-refractivity contribution in [1.82, 2.24) is 0 Å². The number of anilines is 1. The topological polar surface area (TPSA) is 52.9 Å². The minimum atomic E-state index is -0.892. The average Bonchev–Trinajstić information content (AvgIpc) is 2.17. The molecule has 0 saturated carbocycles. The third kappa shape index (κ3) is 3.33. The van der Waals surface area contributed by atoms with Gasteiger partial charge >= 0.3 is 0 Å². The molecule has 0 heterocycles. The minimum Gasteiger partial charge on any atom is -0.383 e. The molecule has 15 heavy (non-hydrogen) atoms. The van der Waals surface area contributed by atoms with Gasteiger partial charge in [-0.3, -0.25) is 4.21 Å². The maximum atomic E-state index is 13.1. The van der Waals surface area contributed by atoms with Gasteiger partial charge < -0.3 is 5.32 Å². The average molecular weight is 226 g/mol. The largest absolute Gasteiger partial charge is 0.383 e. The number of nitrogens with zero attached hydrogens (tertiary/aromatic N) is 1. The standard InChI is InChI=1S/C10H11FN2OS/c1-15(14)6-5-13-10-4-2-3-9(11)8(10)7-12/h2-4,13H,5-6H2,1H3. The van der Waals surface area contributed by atoms with Crippen molar-refractivity contribution in [2.24, 2.45) is 0 Å². The fourth-order valence-corrected chi connectivity index (χ4v) is 1.50. The molecular weight excluding hydrogens is 215 g/mol. The number of rotatable bonds is 4. The highest BCUT2D eigenvalue weighted by molar-refractivity contribution is 7.84. The zero-order valence-corrected chi connectivity index (χ0v) is 9.10. The summed E-state index contributed by atoms with van der Waals surface area (Å²) in [4.78, 5) is 0. The van der Waals surface area contributed by atoms with E-state index in [1.165, 1.54) is 12.1 Å². The van der Waals surface area contributed by atoms with E-state index in [4.69, 9.17) is 5.26 Å². The first-order valence-corrected chi connectivity index (χ1v) is 6.10. The van der Waals surface area contributed by atoms with Crippen LogP contribution in [0.5, 0.6) is 0 Å². The van der Waals surface area contributed by atoms with Gasteiger partial charge in [0.05, 0.1) is 5.69 Å². The van der Waals surface area contributed by atoms with Gasteiger partial charge in [-0.25, -0.2) is 4.39 Å². The third-order valence-corrected chi connectivity index (χ3v) is 2.61. The number of nitriles is 1. The number of hydrogen-bond acceptors (Lipinski definition) is 3. The van der Waals surface area contributed by atoms with Gasteiger partial charge in [0.15, 0.2) is 0 Å². The van der Waals surface area contributed by atoms with Crippen molar-refractivity contribution in [3.63, 3.8) is 0 Å². The molecule has 3 nitrogen and oxygen atoms in total. The molecule has 0 aliphatic rings. The van der Waals surface area contributed by atoms with E-state index in [1.54, 1.807) is 18.4 Å². The van der Waals surface area contributed by atoms with Crippen LogP contribution in [0.2, 0.25) is 0 Å². The van der Waals surface area contributed by atoms with Gasteiger partial charge in [0.25, 0.3) is 0 Å². The predicted octanol–water partition coefficient (Wildman–Crippen LogP) is 1.49. The summed E-state index contributed by atoms with van der Waals surface area (Å²) in [5, 5.41) is 11.6. The second kappa shape index (κ2) is 5.47. The summed E-state index contributed by atoms with van der Waals surface area (Å²) in [6.45, 7) is 0.460. The Balaban J connectivity index is 2.73. The maximum absolute atomic E-state index is 13.1. The monoisotopic (exact) mass is 226 g/mol. The number of halogens is 1. The smallest absolute Gasteiger partial charge is 0.143 e. The van der Waals surface area contributed by atoms with Crippen LogP contribution in [0, 0.1) is 17.1 Å². The summed E-state index contributed by atoms with van der Waals surface area (Å²) in [6, 6.07) is 6.18. The van der Waals surface area contributed by atoms with Crippen molar-refractivity contribution in [3.05, 3.63) is 29.6 Å². The van der Waals surface area contributed by atoms with Crippen molar-refractivity contribution >= 4 is 16.5 Å². The lowest BCUT2D eigenvalue weighted by molar-refractivity contribution is 0.624. The minimum absolute atomic E-state index is 0.000569. The molecule has 0 aliphatic carbocycles. The van der Waals surface area contributed by atoms with Crippen LogP contribution in [0.15, 0.2) is 18.2 Å². The lowest BCUT2D eigenvalue weighted by Crippen LogP contribution is -2.11. The van der Waals surface area contributed by atoms with E-state index < -0.39 is 16.6 Å². The first-order chi connectivity index (χ1) is 7.15. The van der Waals surface area contributed by atoms with Crippen molar-refractivity contribution in [2.45, 2.75) is 0 Å². The van der Waals surface area contributed by atoms with E-state index in [9.17, 15) is 8.60 Å². The van der Waals surface area contributed by atoms with Crippen molar-refractivity contribution in [2.75, 3.05) is 23.9 Å². The van der Waals surface area contributed by atoms with Gasteiger partial charge in [0.1, 0.15) is 17.4 Å². The van der Waals surface area contributed by atoms with E-state index in [-0.39, 0.29) is 5.56 Å². The fraction of sp³-hybridized carbons (Fsp3) is 0.300. The molecule has 5 heteroatoms. The summed E-state index contributed by atoms with van der Waals surface area (Å²) < 4.78 is 23.9. The Bertz CT molecular complexity index is 414. The van der Waals surface area contributed by atoms with Crippen LogP contribution in [0.1, 0.15) is 5.56 Å². The Labute approximate surface area is 90.4 Å². The molecule has 1 atom stereocenters. The highest BCUT2D eigenvalue weighted by atomic mass is 32.2. The summed E-state index contributed by atoms with van der Waals surface area (Å²) in [6.07, 6.45) is 1.60. The van der Waals surface area contributed by atoms with E-state index in [0.29, 0.717) is 18.0 Å². The number of benzene rings is 1. The van der Waals surface area contributed by atoms with Gasteiger partial charge in [0.2, 0.25) is 0 Å². The van der Waals surface area contributed by atoms with Crippen molar-refractivity contribution in [3.8, 4) is 6.07 Å². The van der Waals surface area contributed by atoms with E-state index in [1.807, 2.05) is 0 Å². The molecule has 1 N–H and O–H groups in total. The molecule has 0 aliphatic heterocycles. The van der Waals surface area contributed by atoms with Crippen molar-refractivity contribution < 1.29 is 8.60 Å². The molecule has 80 valence electrons. The van der Waals surface area contributed by atoms with Crippen LogP contribution in [0.3, 0.4) is 0 Å². The molecular formula is C10H11FN2OS. The first-order valence-electron chi connectivity index (χ1n) is 4.37. The maximum Gasteiger partial charge on any atom is 0.143 e. The van der Waals surface area contributed by atoms with Gasteiger partial charge in [-0.05, 0) is 12.1 Å². The van der Waals surface area contributed by atoms with E-state index in [0.717, 1.165) is 0 Å². The van der Waals surface area contributed by atoms with Gasteiger partial charge in [-0.2, -0.15) is 5.26 Å². The Morgan fingerprint density at radius 2 is 2.33 bits per heavy atom. The summed E-state index contributed by atoms with van der Waals surface area (Å²) in [7, 11) is -0.892. The Hall–Kier alpha value is -1.41. The molecule has 0 bridgehead atoms. The van der Waals surface area contributed by atoms with Crippen LogP contribution in [-0.4, -0.2) is 22.8 Å². The summed E-state index contributed by atoms with van der Waals surface area (Å²) in [5.74, 6) is -0.0680. The molecule has 1 aromatic rings. The van der Waals surface area contributed by atoms with Gasteiger partial charge in [-0.1, -0.05) is 6.07 Å². The molecule has 0 spiro atoms. The van der Waals surface area contributed by atoms with E-state index in [2.05, 4.69) is 5.32 Å². The first kappa shape index (κ1) is 11.7. The molecule has 0 fully saturated rings. The lowest BCUT2D eigenvalue weighted by Gasteiger charge is -2.07. The molecule has 0 amide bonds. The van der Waals surface area contributed by atoms with Gasteiger partial charge in [-0.15, -0.1) is 0 Å². The van der Waals surface area contributed by atoms with Crippen LogP contribution in [0.25, 0.3) is 0 Å². The number of hydrogen-bond donors (Lipinski definition) is 1. The highest BCUT2D eigenvalue weighted by Gasteiger charge is 2.06. The lowest BCUT2D eigenvalue weighted by atomic mass is 10.2. The quantitative estimate of drug-likeness (QED) is 0.846. The van der Waals surface area contributed by atoms with Crippen molar-refractivity contribution in [1.29, 1.82) is 5.26 Å². The van der Waals surface area contributed by atoms with Crippen LogP contribution < -0.4 is 5.32 Å². The molecule has 1 rings (SSSR count). The molecule has 1 aromatic carbocycles. The summed E-state index contributed by atoms with van der Waals surface area (Å²) in [5.41, 5.74) is 0.447. The van der Waals surface area contributed by atoms with Crippen LogP contribution >= 0.6 is 0 Å².